The summed E-state index contributed by atoms with van der Waals surface area (Å²) in [6.45, 7) is 7.86. The molecule has 0 amide bonds. The molecule has 0 aromatic rings. The Labute approximate surface area is 74.9 Å². The highest BCUT2D eigenvalue weighted by molar-refractivity contribution is 5.07. The number of allylic oxidation sites excluding steroid dienone is 1. The van der Waals surface area contributed by atoms with Crippen molar-refractivity contribution in [2.24, 2.45) is 5.41 Å². The van der Waals surface area contributed by atoms with Crippen molar-refractivity contribution in [3.8, 4) is 0 Å². The zero-order valence-corrected chi connectivity index (χ0v) is 8.46. The van der Waals surface area contributed by atoms with E-state index in [1.54, 1.807) is 0 Å². The number of hydrogen-bond donors (Lipinski definition) is 2. The molecule has 0 aromatic heterocycles. The van der Waals surface area contributed by atoms with E-state index in [0.29, 0.717) is 6.42 Å². The second-order valence-corrected chi connectivity index (χ2v) is 3.90. The van der Waals surface area contributed by atoms with E-state index in [0.717, 1.165) is 5.57 Å². The predicted molar refractivity (Wildman–Crippen MR) is 50.9 cm³/mol. The summed E-state index contributed by atoms with van der Waals surface area (Å²) in [7, 11) is 0. The van der Waals surface area contributed by atoms with Crippen molar-refractivity contribution >= 4 is 0 Å². The highest BCUT2D eigenvalue weighted by atomic mass is 16.3. The molecule has 0 spiro atoms. The van der Waals surface area contributed by atoms with Crippen LogP contribution in [0.15, 0.2) is 11.6 Å². The van der Waals surface area contributed by atoms with E-state index in [9.17, 15) is 5.11 Å². The Morgan fingerprint density at radius 2 is 2.00 bits per heavy atom. The number of aliphatic hydroxyl groups is 2. The maximum Gasteiger partial charge on any atom is 0.0799 e. The van der Waals surface area contributed by atoms with Crippen LogP contribution < -0.4 is 0 Å². The fraction of sp³-hybridized carbons (Fsp3) is 0.800. The highest BCUT2D eigenvalue weighted by Gasteiger charge is 2.27. The molecule has 2 heteroatoms. The first kappa shape index (κ1) is 11.7. The van der Waals surface area contributed by atoms with Crippen LogP contribution in [0.1, 0.15) is 34.1 Å². The minimum atomic E-state index is -0.449. The van der Waals surface area contributed by atoms with Crippen LogP contribution in [0.5, 0.6) is 0 Å². The molecular weight excluding hydrogens is 152 g/mol. The fourth-order valence-corrected chi connectivity index (χ4v) is 1.20. The Hall–Kier alpha value is -0.340. The molecule has 0 unspecified atom stereocenters. The van der Waals surface area contributed by atoms with Gasteiger partial charge in [-0.05, 0) is 31.3 Å². The number of rotatable bonds is 4. The predicted octanol–water partition coefficient (Wildman–Crippen LogP) is 1.72. The van der Waals surface area contributed by atoms with Gasteiger partial charge < -0.3 is 10.2 Å². The molecular formula is C10H20O2. The van der Waals surface area contributed by atoms with Crippen molar-refractivity contribution in [1.29, 1.82) is 0 Å². The fourth-order valence-electron chi connectivity index (χ4n) is 1.20. The smallest absolute Gasteiger partial charge is 0.0799 e. The summed E-state index contributed by atoms with van der Waals surface area (Å²) in [6, 6.07) is 0. The summed E-state index contributed by atoms with van der Waals surface area (Å²) >= 11 is 0. The standard InChI is InChI=1S/C10H20O2/c1-5-8(2)9(12)10(3,4)6-7-11/h5,9,11-12H,6-7H2,1-4H3/b8-5+/t9-/m1/s1. The van der Waals surface area contributed by atoms with Gasteiger partial charge in [-0.2, -0.15) is 0 Å². The third-order valence-corrected chi connectivity index (χ3v) is 2.38. The lowest BCUT2D eigenvalue weighted by Crippen LogP contribution is -2.31. The number of hydrogen-bond acceptors (Lipinski definition) is 2. The van der Waals surface area contributed by atoms with Gasteiger partial charge in [-0.1, -0.05) is 19.9 Å². The third kappa shape index (κ3) is 2.95. The average molecular weight is 172 g/mol. The first-order valence-electron chi connectivity index (χ1n) is 4.37. The summed E-state index contributed by atoms with van der Waals surface area (Å²) in [5, 5.41) is 18.6. The van der Waals surface area contributed by atoms with Crippen molar-refractivity contribution in [3.05, 3.63) is 11.6 Å². The molecule has 0 fully saturated rings. The lowest BCUT2D eigenvalue weighted by atomic mass is 9.80. The van der Waals surface area contributed by atoms with Crippen LogP contribution in [0.2, 0.25) is 0 Å². The van der Waals surface area contributed by atoms with E-state index in [4.69, 9.17) is 5.11 Å². The van der Waals surface area contributed by atoms with E-state index in [1.807, 2.05) is 33.8 Å². The summed E-state index contributed by atoms with van der Waals surface area (Å²) < 4.78 is 0. The molecule has 0 aromatic carbocycles. The monoisotopic (exact) mass is 172 g/mol. The maximum atomic E-state index is 9.80. The van der Waals surface area contributed by atoms with Gasteiger partial charge in [0.05, 0.1) is 6.10 Å². The van der Waals surface area contributed by atoms with Crippen LogP contribution in [0, 0.1) is 5.41 Å². The lowest BCUT2D eigenvalue weighted by molar-refractivity contribution is 0.0583. The molecule has 12 heavy (non-hydrogen) atoms. The lowest BCUT2D eigenvalue weighted by Gasteiger charge is -2.30. The Balaban J connectivity index is 4.33. The minimum absolute atomic E-state index is 0.126. The molecule has 0 saturated carbocycles. The second kappa shape index (κ2) is 4.63. The minimum Gasteiger partial charge on any atom is -0.396 e. The molecule has 1 atom stereocenters. The molecule has 0 aliphatic rings. The summed E-state index contributed by atoms with van der Waals surface area (Å²) in [4.78, 5) is 0. The Bertz CT molecular complexity index is 159. The molecule has 0 saturated heterocycles. The van der Waals surface area contributed by atoms with Gasteiger partial charge in [-0.15, -0.1) is 0 Å². The van der Waals surface area contributed by atoms with Gasteiger partial charge in [0.25, 0.3) is 0 Å². The van der Waals surface area contributed by atoms with Gasteiger partial charge in [0.2, 0.25) is 0 Å². The van der Waals surface area contributed by atoms with Crippen molar-refractivity contribution in [1.82, 2.24) is 0 Å². The molecule has 2 N–H and O–H groups in total. The summed E-state index contributed by atoms with van der Waals surface area (Å²) in [6.07, 6.45) is 2.08. The quantitative estimate of drug-likeness (QED) is 0.634. The number of aliphatic hydroxyl groups excluding tert-OH is 2. The molecule has 0 heterocycles. The average Bonchev–Trinajstić information content (AvgIpc) is 2.01. The van der Waals surface area contributed by atoms with E-state index < -0.39 is 6.10 Å². The van der Waals surface area contributed by atoms with Crippen LogP contribution in [-0.2, 0) is 0 Å². The first-order valence-corrected chi connectivity index (χ1v) is 4.37. The second-order valence-electron chi connectivity index (χ2n) is 3.90. The van der Waals surface area contributed by atoms with Crippen LogP contribution in [0.4, 0.5) is 0 Å². The van der Waals surface area contributed by atoms with Crippen LogP contribution >= 0.6 is 0 Å². The zero-order valence-electron chi connectivity index (χ0n) is 8.46. The summed E-state index contributed by atoms with van der Waals surface area (Å²) in [5.41, 5.74) is 0.735. The van der Waals surface area contributed by atoms with E-state index in [1.165, 1.54) is 0 Å². The largest absolute Gasteiger partial charge is 0.396 e. The molecule has 0 aliphatic heterocycles. The van der Waals surface area contributed by atoms with Gasteiger partial charge in [0, 0.05) is 6.61 Å². The normalized spacial score (nSPS) is 16.3. The Kier molecular flexibility index (Phi) is 4.50. The van der Waals surface area contributed by atoms with Crippen molar-refractivity contribution in [2.45, 2.75) is 40.2 Å². The maximum absolute atomic E-state index is 9.80. The first-order chi connectivity index (χ1) is 5.45. The van der Waals surface area contributed by atoms with E-state index in [-0.39, 0.29) is 12.0 Å². The van der Waals surface area contributed by atoms with Crippen molar-refractivity contribution in [2.75, 3.05) is 6.61 Å². The van der Waals surface area contributed by atoms with Crippen molar-refractivity contribution in [3.63, 3.8) is 0 Å². The summed E-state index contributed by atoms with van der Waals surface area (Å²) in [5.74, 6) is 0. The van der Waals surface area contributed by atoms with Gasteiger partial charge in [0.15, 0.2) is 0 Å². The zero-order chi connectivity index (χ0) is 9.78. The van der Waals surface area contributed by atoms with Crippen molar-refractivity contribution < 1.29 is 10.2 Å². The molecule has 2 nitrogen and oxygen atoms in total. The SMILES string of the molecule is C/C=C(\C)[C@@H](O)C(C)(C)CCO. The van der Waals surface area contributed by atoms with Gasteiger partial charge in [-0.25, -0.2) is 0 Å². The molecule has 0 rings (SSSR count). The van der Waals surface area contributed by atoms with E-state index >= 15 is 0 Å². The van der Waals surface area contributed by atoms with Crippen LogP contribution in [-0.4, -0.2) is 22.9 Å². The van der Waals surface area contributed by atoms with Crippen LogP contribution in [0.3, 0.4) is 0 Å². The van der Waals surface area contributed by atoms with Gasteiger partial charge in [-0.3, -0.25) is 0 Å². The molecule has 0 radical (unpaired) electrons. The van der Waals surface area contributed by atoms with Gasteiger partial charge >= 0.3 is 0 Å². The topological polar surface area (TPSA) is 40.5 Å². The van der Waals surface area contributed by atoms with E-state index in [2.05, 4.69) is 0 Å². The molecule has 72 valence electrons. The Morgan fingerprint density at radius 3 is 2.33 bits per heavy atom. The third-order valence-electron chi connectivity index (χ3n) is 2.38. The molecule has 0 aliphatic carbocycles. The highest BCUT2D eigenvalue weighted by Crippen LogP contribution is 2.28. The molecule has 0 bridgehead atoms. The Morgan fingerprint density at radius 1 is 1.50 bits per heavy atom. The van der Waals surface area contributed by atoms with Crippen LogP contribution in [0.25, 0.3) is 0 Å². The van der Waals surface area contributed by atoms with Gasteiger partial charge in [0.1, 0.15) is 0 Å².